The van der Waals surface area contributed by atoms with E-state index in [1.165, 1.54) is 35.8 Å². The first-order valence-corrected chi connectivity index (χ1v) is 12.3. The second kappa shape index (κ2) is 10.8. The largest absolute Gasteiger partial charge is 0.457 e. The van der Waals surface area contributed by atoms with E-state index in [4.69, 9.17) is 14.3 Å². The SMILES string of the molecule is O=C(OC[C@@H]1CC(c2ccc(-c3ccc(N4C[C@H](Cn5ccnn5)OC4=O)cc3F)cn2)=NO1)c1cnccn1. The second-order valence-electron chi connectivity index (χ2n) is 9.00. The van der Waals surface area contributed by atoms with Crippen LogP contribution in [0.3, 0.4) is 0 Å². The van der Waals surface area contributed by atoms with Crippen molar-refractivity contribution in [2.75, 3.05) is 18.1 Å². The van der Waals surface area contributed by atoms with Gasteiger partial charge in [0.15, 0.2) is 11.8 Å². The van der Waals surface area contributed by atoms with Gasteiger partial charge in [-0.2, -0.15) is 0 Å². The van der Waals surface area contributed by atoms with Crippen LogP contribution in [0.15, 0.2) is 72.7 Å². The number of hydrogen-bond donors (Lipinski definition) is 0. The highest BCUT2D eigenvalue weighted by molar-refractivity contribution is 6.00. The number of oxime groups is 1. The molecular weight excluding hydrogens is 523 g/mol. The van der Waals surface area contributed by atoms with Crippen LogP contribution in [-0.4, -0.2) is 73.1 Å². The summed E-state index contributed by atoms with van der Waals surface area (Å²) < 4.78 is 27.3. The molecule has 1 amide bonds. The highest BCUT2D eigenvalue weighted by Gasteiger charge is 2.33. The highest BCUT2D eigenvalue weighted by atomic mass is 19.1. The van der Waals surface area contributed by atoms with Crippen LogP contribution in [0, 0.1) is 5.82 Å². The van der Waals surface area contributed by atoms with Crippen molar-refractivity contribution in [1.29, 1.82) is 0 Å². The molecule has 0 N–H and O–H groups in total. The minimum atomic E-state index is -0.603. The van der Waals surface area contributed by atoms with Gasteiger partial charge < -0.3 is 14.3 Å². The molecule has 0 unspecified atom stereocenters. The minimum Gasteiger partial charge on any atom is -0.457 e. The zero-order valence-corrected chi connectivity index (χ0v) is 20.8. The molecule has 0 bridgehead atoms. The van der Waals surface area contributed by atoms with Crippen molar-refractivity contribution in [1.82, 2.24) is 29.9 Å². The van der Waals surface area contributed by atoms with Crippen LogP contribution in [0.5, 0.6) is 0 Å². The normalized spacial score (nSPS) is 18.3. The summed E-state index contributed by atoms with van der Waals surface area (Å²) in [5, 5.41) is 11.7. The van der Waals surface area contributed by atoms with Gasteiger partial charge in [0.25, 0.3) is 0 Å². The van der Waals surface area contributed by atoms with Crippen LogP contribution in [0.1, 0.15) is 22.6 Å². The molecular formula is C26H21FN8O5. The van der Waals surface area contributed by atoms with E-state index in [-0.39, 0.29) is 18.8 Å². The Bertz CT molecular complexity index is 1550. The number of cyclic esters (lactones) is 1. The number of rotatable bonds is 8. The third-order valence-corrected chi connectivity index (χ3v) is 6.28. The van der Waals surface area contributed by atoms with Gasteiger partial charge in [0.05, 0.1) is 36.9 Å². The Morgan fingerprint density at radius 2 is 2.02 bits per heavy atom. The zero-order valence-electron chi connectivity index (χ0n) is 20.8. The number of esters is 1. The fraction of sp³-hybridized carbons (Fsp3) is 0.231. The predicted molar refractivity (Wildman–Crippen MR) is 136 cm³/mol. The number of carbonyl (C=O) groups excluding carboxylic acids is 2. The molecule has 4 aromatic rings. The second-order valence-corrected chi connectivity index (χ2v) is 9.00. The van der Waals surface area contributed by atoms with Crippen molar-refractivity contribution < 1.29 is 28.3 Å². The molecule has 2 aliphatic rings. The lowest BCUT2D eigenvalue weighted by atomic mass is 10.0. The van der Waals surface area contributed by atoms with Gasteiger partial charge in [0.2, 0.25) is 0 Å². The molecule has 2 atom stereocenters. The molecule has 1 saturated heterocycles. The Hall–Kier alpha value is -5.27. The summed E-state index contributed by atoms with van der Waals surface area (Å²) >= 11 is 0. The molecule has 1 fully saturated rings. The Morgan fingerprint density at radius 3 is 2.77 bits per heavy atom. The van der Waals surface area contributed by atoms with Gasteiger partial charge in [-0.3, -0.25) is 14.9 Å². The molecule has 14 heteroatoms. The summed E-state index contributed by atoms with van der Waals surface area (Å²) in [7, 11) is 0. The van der Waals surface area contributed by atoms with Crippen molar-refractivity contribution in [3.05, 3.63) is 84.7 Å². The van der Waals surface area contributed by atoms with Crippen LogP contribution in [0.2, 0.25) is 0 Å². The van der Waals surface area contributed by atoms with E-state index in [2.05, 4.69) is 30.4 Å². The molecule has 0 radical (unpaired) electrons. The number of benzene rings is 1. The average molecular weight is 545 g/mol. The topological polar surface area (TPSA) is 147 Å². The Morgan fingerprint density at radius 1 is 1.10 bits per heavy atom. The summed E-state index contributed by atoms with van der Waals surface area (Å²) in [6, 6.07) is 7.99. The van der Waals surface area contributed by atoms with Gasteiger partial charge in [-0.15, -0.1) is 5.10 Å². The lowest BCUT2D eigenvalue weighted by Gasteiger charge is -2.14. The van der Waals surface area contributed by atoms with Gasteiger partial charge >= 0.3 is 12.1 Å². The van der Waals surface area contributed by atoms with Gasteiger partial charge in [-0.25, -0.2) is 23.6 Å². The maximum atomic E-state index is 15.1. The molecule has 5 heterocycles. The number of aromatic nitrogens is 6. The molecule has 3 aromatic heterocycles. The Balaban J connectivity index is 1.06. The standard InChI is InChI=1S/C26H21FN8O5/c27-21-9-17(35-14-19(39-26(35)37)13-34-8-7-31-33-34)2-3-20(21)16-1-4-22(30-11-16)23-10-18(40-32-23)15-38-25(36)24-12-28-5-6-29-24/h1-9,11-12,18-19H,10,13-15H2/t18-,19-/m0/s1. The lowest BCUT2D eigenvalue weighted by molar-refractivity contribution is 0.00640. The van der Waals surface area contributed by atoms with E-state index >= 15 is 4.39 Å². The van der Waals surface area contributed by atoms with Gasteiger partial charge in [0.1, 0.15) is 24.2 Å². The van der Waals surface area contributed by atoms with E-state index in [0.29, 0.717) is 41.2 Å². The monoisotopic (exact) mass is 544 g/mol. The van der Waals surface area contributed by atoms with Crippen LogP contribution >= 0.6 is 0 Å². The quantitative estimate of drug-likeness (QED) is 0.303. The molecule has 13 nitrogen and oxygen atoms in total. The fourth-order valence-electron chi connectivity index (χ4n) is 4.31. The van der Waals surface area contributed by atoms with Crippen molar-refractivity contribution in [2.24, 2.45) is 5.16 Å². The number of ether oxygens (including phenoxy) is 2. The summed E-state index contributed by atoms with van der Waals surface area (Å²) in [4.78, 5) is 43.3. The smallest absolute Gasteiger partial charge is 0.414 e. The Labute approximate surface area is 226 Å². The van der Waals surface area contributed by atoms with Crippen LogP contribution in [0.25, 0.3) is 11.1 Å². The van der Waals surface area contributed by atoms with Gasteiger partial charge in [0, 0.05) is 42.3 Å². The number of anilines is 1. The van der Waals surface area contributed by atoms with E-state index in [0.717, 1.165) is 0 Å². The number of hydrogen-bond acceptors (Lipinski definition) is 11. The first-order chi connectivity index (χ1) is 19.5. The lowest BCUT2D eigenvalue weighted by Crippen LogP contribution is -2.26. The number of pyridine rings is 1. The summed E-state index contributed by atoms with van der Waals surface area (Å²) in [6.07, 6.45) is 7.88. The molecule has 0 saturated carbocycles. The minimum absolute atomic E-state index is 0.0101. The molecule has 1 aromatic carbocycles. The zero-order chi connectivity index (χ0) is 27.5. The molecule has 0 spiro atoms. The van der Waals surface area contributed by atoms with E-state index in [1.54, 1.807) is 41.3 Å². The summed E-state index contributed by atoms with van der Waals surface area (Å²) in [5.41, 5.74) is 2.51. The predicted octanol–water partition coefficient (Wildman–Crippen LogP) is 2.64. The molecule has 202 valence electrons. The number of amides is 1. The first kappa shape index (κ1) is 25.0. The highest BCUT2D eigenvalue weighted by Crippen LogP contribution is 2.29. The molecule has 40 heavy (non-hydrogen) atoms. The number of nitrogens with zero attached hydrogens (tertiary/aromatic N) is 8. The van der Waals surface area contributed by atoms with E-state index in [1.807, 2.05) is 0 Å². The van der Waals surface area contributed by atoms with Crippen LogP contribution in [0.4, 0.5) is 14.9 Å². The Kier molecular flexibility index (Phi) is 6.78. The van der Waals surface area contributed by atoms with Crippen molar-refractivity contribution in [3.63, 3.8) is 0 Å². The third kappa shape index (κ3) is 5.32. The number of halogens is 1. The third-order valence-electron chi connectivity index (χ3n) is 6.28. The molecule has 2 aliphatic heterocycles. The number of carbonyl (C=O) groups is 2. The maximum absolute atomic E-state index is 15.1. The van der Waals surface area contributed by atoms with Crippen LogP contribution in [-0.2, 0) is 20.9 Å². The summed E-state index contributed by atoms with van der Waals surface area (Å²) in [6.45, 7) is 0.605. The molecule has 6 rings (SSSR count). The van der Waals surface area contributed by atoms with Crippen molar-refractivity contribution in [3.8, 4) is 11.1 Å². The molecule has 0 aliphatic carbocycles. The average Bonchev–Trinajstić information content (AvgIpc) is 3.74. The fourth-order valence-corrected chi connectivity index (χ4v) is 4.31. The van der Waals surface area contributed by atoms with E-state index in [9.17, 15) is 9.59 Å². The van der Waals surface area contributed by atoms with E-state index < -0.39 is 30.1 Å². The van der Waals surface area contributed by atoms with Gasteiger partial charge in [-0.05, 0) is 24.3 Å². The maximum Gasteiger partial charge on any atom is 0.414 e. The van der Waals surface area contributed by atoms with Crippen LogP contribution < -0.4 is 4.90 Å². The van der Waals surface area contributed by atoms with Crippen molar-refractivity contribution >= 4 is 23.5 Å². The van der Waals surface area contributed by atoms with Crippen molar-refractivity contribution in [2.45, 2.75) is 25.2 Å². The first-order valence-electron chi connectivity index (χ1n) is 12.3. The van der Waals surface area contributed by atoms with Gasteiger partial charge in [-0.1, -0.05) is 16.4 Å². The summed E-state index contributed by atoms with van der Waals surface area (Å²) in [5.74, 6) is -1.11.